The number of hydrogen-bond acceptors (Lipinski definition) is 5. The molecule has 8 nitrogen and oxygen atoms in total. The van der Waals surface area contributed by atoms with E-state index in [1.807, 2.05) is 0 Å². The van der Waals surface area contributed by atoms with Crippen LogP contribution in [0.25, 0.3) is 0 Å². The van der Waals surface area contributed by atoms with Gasteiger partial charge in [-0.25, -0.2) is 14.8 Å². The maximum atomic E-state index is 12.5. The molecule has 1 aliphatic rings. The summed E-state index contributed by atoms with van der Waals surface area (Å²) in [6.45, 7) is 3.62. The third-order valence-corrected chi connectivity index (χ3v) is 4.06. The Hall–Kier alpha value is -1.99. The first-order valence-electron chi connectivity index (χ1n) is 8.93. The summed E-state index contributed by atoms with van der Waals surface area (Å²) in [5.41, 5.74) is 5.00. The van der Waals surface area contributed by atoms with Gasteiger partial charge < -0.3 is 25.4 Å². The number of guanidine groups is 1. The Bertz CT molecular complexity index is 665. The highest BCUT2D eigenvalue weighted by atomic mass is 127. The van der Waals surface area contributed by atoms with E-state index in [4.69, 9.17) is 15.2 Å². The second-order valence-corrected chi connectivity index (χ2v) is 6.10. The molecule has 0 bridgehead atoms. The van der Waals surface area contributed by atoms with E-state index in [0.29, 0.717) is 19.7 Å². The summed E-state index contributed by atoms with van der Waals surface area (Å²) in [5.74, 6) is 0.333. The summed E-state index contributed by atoms with van der Waals surface area (Å²) in [7, 11) is 0. The zero-order chi connectivity index (χ0) is 20.6. The predicted octanol–water partition coefficient (Wildman–Crippen LogP) is 2.62. The van der Waals surface area contributed by atoms with Crippen LogP contribution in [0, 0.1) is 0 Å². The fourth-order valence-electron chi connectivity index (χ4n) is 2.63. The number of pyridine rings is 1. The number of alkyl halides is 3. The Morgan fingerprint density at radius 1 is 1.38 bits per heavy atom. The molecular formula is C17H25F3IN5O3. The fourth-order valence-corrected chi connectivity index (χ4v) is 2.63. The summed E-state index contributed by atoms with van der Waals surface area (Å²) in [4.78, 5) is 21.0. The van der Waals surface area contributed by atoms with Crippen LogP contribution in [0.2, 0.25) is 0 Å². The van der Waals surface area contributed by atoms with Crippen molar-refractivity contribution < 1.29 is 27.4 Å². The van der Waals surface area contributed by atoms with E-state index < -0.39 is 11.7 Å². The maximum absolute atomic E-state index is 12.5. The van der Waals surface area contributed by atoms with Crippen molar-refractivity contribution in [1.82, 2.24) is 15.2 Å². The van der Waals surface area contributed by atoms with Crippen LogP contribution in [0.1, 0.15) is 25.3 Å². The first-order valence-corrected chi connectivity index (χ1v) is 8.93. The zero-order valence-corrected chi connectivity index (χ0v) is 18.3. The molecule has 1 aromatic heterocycles. The van der Waals surface area contributed by atoms with Gasteiger partial charge in [-0.05, 0) is 25.8 Å². The molecular weight excluding hydrogens is 506 g/mol. The molecule has 29 heavy (non-hydrogen) atoms. The number of ether oxygens (including phenoxy) is 2. The molecule has 0 aromatic carbocycles. The van der Waals surface area contributed by atoms with Crippen LogP contribution in [0.3, 0.4) is 0 Å². The smallest absolute Gasteiger partial charge is 0.417 e. The minimum Gasteiger partial charge on any atom is -0.476 e. The van der Waals surface area contributed by atoms with Crippen LogP contribution in [-0.2, 0) is 10.9 Å². The Morgan fingerprint density at radius 2 is 2.07 bits per heavy atom. The average molecular weight is 531 g/mol. The summed E-state index contributed by atoms with van der Waals surface area (Å²) < 4.78 is 47.6. The predicted molar refractivity (Wildman–Crippen MR) is 111 cm³/mol. The number of piperidine rings is 1. The second-order valence-electron chi connectivity index (χ2n) is 6.10. The third kappa shape index (κ3) is 8.50. The molecule has 2 rings (SSSR count). The number of aromatic nitrogens is 1. The fraction of sp³-hybridized carbons (Fsp3) is 0.588. The van der Waals surface area contributed by atoms with Gasteiger partial charge in [0.05, 0.1) is 18.7 Å². The van der Waals surface area contributed by atoms with Crippen molar-refractivity contribution in [2.24, 2.45) is 10.7 Å². The molecule has 3 N–H and O–H groups in total. The summed E-state index contributed by atoms with van der Waals surface area (Å²) in [6.07, 6.45) is -2.57. The number of amides is 1. The lowest BCUT2D eigenvalue weighted by atomic mass is 10.1. The van der Waals surface area contributed by atoms with Gasteiger partial charge in [-0.2, -0.15) is 13.2 Å². The van der Waals surface area contributed by atoms with Gasteiger partial charge in [-0.3, -0.25) is 0 Å². The van der Waals surface area contributed by atoms with Crippen LogP contribution in [0.4, 0.5) is 18.0 Å². The quantitative estimate of drug-likeness (QED) is 0.254. The largest absolute Gasteiger partial charge is 0.476 e. The van der Waals surface area contributed by atoms with Gasteiger partial charge in [-0.1, -0.05) is 0 Å². The van der Waals surface area contributed by atoms with Gasteiger partial charge >= 0.3 is 12.3 Å². The van der Waals surface area contributed by atoms with Gasteiger partial charge in [0, 0.05) is 31.4 Å². The summed E-state index contributed by atoms with van der Waals surface area (Å²) in [6, 6.07) is 2.17. The second kappa shape index (κ2) is 11.9. The summed E-state index contributed by atoms with van der Waals surface area (Å²) in [5, 5.41) is 3.09. The number of rotatable bonds is 6. The van der Waals surface area contributed by atoms with E-state index in [9.17, 15) is 18.0 Å². The Balaban J connectivity index is 0.00000420. The Labute approximate surface area is 184 Å². The highest BCUT2D eigenvalue weighted by molar-refractivity contribution is 14.0. The van der Waals surface area contributed by atoms with Gasteiger partial charge in [0.15, 0.2) is 5.96 Å². The van der Waals surface area contributed by atoms with Gasteiger partial charge in [0.25, 0.3) is 0 Å². The number of aliphatic imine (C=N–C) groups is 1. The molecule has 0 spiro atoms. The Morgan fingerprint density at radius 3 is 2.62 bits per heavy atom. The molecule has 1 amide bonds. The minimum atomic E-state index is -4.43. The molecule has 0 aliphatic carbocycles. The number of nitrogens with one attached hydrogen (secondary N) is 1. The van der Waals surface area contributed by atoms with Crippen molar-refractivity contribution in [3.8, 4) is 5.88 Å². The van der Waals surface area contributed by atoms with Crippen LogP contribution in [0.5, 0.6) is 5.88 Å². The molecule has 1 saturated heterocycles. The highest BCUT2D eigenvalue weighted by Crippen LogP contribution is 2.29. The number of nitrogens with zero attached hydrogens (tertiary/aromatic N) is 3. The average Bonchev–Trinajstić information content (AvgIpc) is 2.66. The van der Waals surface area contributed by atoms with E-state index in [1.165, 1.54) is 0 Å². The Kier molecular flexibility index (Phi) is 10.3. The number of hydrogen-bond donors (Lipinski definition) is 2. The van der Waals surface area contributed by atoms with E-state index >= 15 is 0 Å². The molecule has 1 aromatic rings. The number of carbonyl (C=O) groups is 1. The van der Waals surface area contributed by atoms with Crippen molar-refractivity contribution in [2.45, 2.75) is 32.0 Å². The minimum absolute atomic E-state index is 0. The van der Waals surface area contributed by atoms with Crippen LogP contribution >= 0.6 is 24.0 Å². The normalized spacial score (nSPS) is 15.4. The number of nitrogens with two attached hydrogens (primary N) is 1. The molecule has 1 aliphatic heterocycles. The number of carbonyl (C=O) groups excluding carboxylic acids is 1. The molecule has 0 radical (unpaired) electrons. The lowest BCUT2D eigenvalue weighted by molar-refractivity contribution is -0.137. The molecule has 12 heteroatoms. The molecule has 2 heterocycles. The number of likely N-dealkylation sites (tertiary alicyclic amines) is 1. The lowest BCUT2D eigenvalue weighted by Gasteiger charge is -2.31. The van der Waals surface area contributed by atoms with Crippen molar-refractivity contribution in [2.75, 3.05) is 32.8 Å². The number of halogens is 4. The van der Waals surface area contributed by atoms with Crippen molar-refractivity contribution >= 4 is 36.0 Å². The molecule has 1 fully saturated rings. The van der Waals surface area contributed by atoms with E-state index in [0.717, 1.165) is 31.2 Å². The zero-order valence-electron chi connectivity index (χ0n) is 15.9. The molecule has 0 atom stereocenters. The topological polar surface area (TPSA) is 102 Å². The van der Waals surface area contributed by atoms with Crippen LogP contribution in [-0.4, -0.2) is 60.8 Å². The molecule has 0 saturated carbocycles. The van der Waals surface area contributed by atoms with E-state index in [-0.39, 0.29) is 61.1 Å². The van der Waals surface area contributed by atoms with Crippen molar-refractivity contribution in [3.63, 3.8) is 0 Å². The van der Waals surface area contributed by atoms with Crippen LogP contribution < -0.4 is 15.8 Å². The highest BCUT2D eigenvalue weighted by Gasteiger charge is 2.30. The van der Waals surface area contributed by atoms with E-state index in [2.05, 4.69) is 15.3 Å². The monoisotopic (exact) mass is 531 g/mol. The molecule has 164 valence electrons. The standard InChI is InChI=1S/C17H24F3N5O3.HI/c1-2-27-16(26)25-8-5-13(6-9-25)24-15(21)22-7-10-28-14-4-3-12(11-23-14)17(18,19)20;/h3-4,11,13H,2,5-10H2,1H3,(H3,21,22,24);1H. The van der Waals surface area contributed by atoms with Crippen molar-refractivity contribution in [1.29, 1.82) is 0 Å². The SMILES string of the molecule is CCOC(=O)N1CCC(NC(N)=NCCOc2ccc(C(F)(F)F)cn2)CC1.I. The van der Waals surface area contributed by atoms with Crippen LogP contribution in [0.15, 0.2) is 23.3 Å². The first kappa shape index (κ1) is 25.0. The summed E-state index contributed by atoms with van der Waals surface area (Å²) >= 11 is 0. The maximum Gasteiger partial charge on any atom is 0.417 e. The van der Waals surface area contributed by atoms with Gasteiger partial charge in [0.2, 0.25) is 5.88 Å². The molecule has 0 unspecified atom stereocenters. The first-order chi connectivity index (χ1) is 13.3. The van der Waals surface area contributed by atoms with Crippen molar-refractivity contribution in [3.05, 3.63) is 23.9 Å². The van der Waals surface area contributed by atoms with Gasteiger partial charge in [0.1, 0.15) is 6.61 Å². The third-order valence-electron chi connectivity index (χ3n) is 4.06. The van der Waals surface area contributed by atoms with Gasteiger partial charge in [-0.15, -0.1) is 24.0 Å². The lowest BCUT2D eigenvalue weighted by Crippen LogP contribution is -2.48. The van der Waals surface area contributed by atoms with E-state index in [1.54, 1.807) is 11.8 Å².